The van der Waals surface area contributed by atoms with Crippen molar-refractivity contribution in [3.05, 3.63) is 76.6 Å². The molecule has 1 heterocycles. The molecule has 1 aliphatic rings. The summed E-state index contributed by atoms with van der Waals surface area (Å²) in [4.78, 5) is 25.3. The fraction of sp³-hybridized carbons (Fsp3) is 0.292. The summed E-state index contributed by atoms with van der Waals surface area (Å²) >= 11 is 0. The van der Waals surface area contributed by atoms with E-state index in [0.29, 0.717) is 28.2 Å². The van der Waals surface area contributed by atoms with Crippen LogP contribution in [0.5, 0.6) is 0 Å². The number of nitrogens with one attached hydrogen (secondary N) is 2. The zero-order valence-electron chi connectivity index (χ0n) is 18.2. The summed E-state index contributed by atoms with van der Waals surface area (Å²) in [6, 6.07) is 11.8. The molecule has 33 heavy (non-hydrogen) atoms. The Morgan fingerprint density at radius 1 is 1.09 bits per heavy atom. The van der Waals surface area contributed by atoms with Crippen molar-refractivity contribution in [2.45, 2.75) is 45.3 Å². The molecule has 0 atom stereocenters. The van der Waals surface area contributed by atoms with Crippen molar-refractivity contribution < 1.29 is 22.8 Å². The van der Waals surface area contributed by atoms with Crippen molar-refractivity contribution in [1.82, 2.24) is 15.1 Å². The summed E-state index contributed by atoms with van der Waals surface area (Å²) in [6.45, 7) is 3.41. The van der Waals surface area contributed by atoms with Crippen molar-refractivity contribution in [2.24, 2.45) is 0 Å². The average molecular weight is 456 g/mol. The SMILES string of the molecule is Cc1nn(-c2cccc(C(F)(F)F)c2)c(C)c1CC(=O)Nc1ccccc1C(=O)NC1CC1. The molecular weight excluding hydrogens is 433 g/mol. The molecule has 1 aromatic heterocycles. The van der Waals surface area contributed by atoms with Crippen LogP contribution in [0.25, 0.3) is 5.69 Å². The molecule has 1 fully saturated rings. The van der Waals surface area contributed by atoms with E-state index in [1.807, 2.05) is 0 Å². The zero-order valence-corrected chi connectivity index (χ0v) is 18.2. The van der Waals surface area contributed by atoms with Crippen LogP contribution in [-0.4, -0.2) is 27.6 Å². The summed E-state index contributed by atoms with van der Waals surface area (Å²) < 4.78 is 40.7. The van der Waals surface area contributed by atoms with Crippen molar-refractivity contribution in [2.75, 3.05) is 5.32 Å². The summed E-state index contributed by atoms with van der Waals surface area (Å²) in [5.74, 6) is -0.588. The smallest absolute Gasteiger partial charge is 0.349 e. The van der Waals surface area contributed by atoms with Crippen LogP contribution in [0.1, 0.15) is 45.7 Å². The van der Waals surface area contributed by atoms with Gasteiger partial charge >= 0.3 is 6.18 Å². The van der Waals surface area contributed by atoms with E-state index in [1.165, 1.54) is 16.8 Å². The second-order valence-corrected chi connectivity index (χ2v) is 8.13. The molecule has 0 bridgehead atoms. The van der Waals surface area contributed by atoms with Gasteiger partial charge in [-0.2, -0.15) is 18.3 Å². The van der Waals surface area contributed by atoms with Gasteiger partial charge in [0.1, 0.15) is 0 Å². The number of nitrogens with zero attached hydrogens (tertiary/aromatic N) is 2. The maximum Gasteiger partial charge on any atom is 0.416 e. The Balaban J connectivity index is 1.53. The van der Waals surface area contributed by atoms with Crippen LogP contribution < -0.4 is 10.6 Å². The minimum absolute atomic E-state index is 0.0325. The highest BCUT2D eigenvalue weighted by molar-refractivity contribution is 6.04. The number of aryl methyl sites for hydroxylation is 1. The highest BCUT2D eigenvalue weighted by Gasteiger charge is 2.31. The Labute approximate surface area is 188 Å². The first-order valence-corrected chi connectivity index (χ1v) is 10.6. The fourth-order valence-electron chi connectivity index (χ4n) is 3.63. The second-order valence-electron chi connectivity index (χ2n) is 8.13. The van der Waals surface area contributed by atoms with Crippen LogP contribution in [0.15, 0.2) is 48.5 Å². The van der Waals surface area contributed by atoms with Gasteiger partial charge in [0.05, 0.1) is 34.6 Å². The number of alkyl halides is 3. The number of para-hydroxylation sites is 1. The number of hydrogen-bond donors (Lipinski definition) is 2. The van der Waals surface area contributed by atoms with Crippen LogP contribution in [0.2, 0.25) is 0 Å². The van der Waals surface area contributed by atoms with Gasteiger partial charge < -0.3 is 10.6 Å². The van der Waals surface area contributed by atoms with Crippen LogP contribution >= 0.6 is 0 Å². The first kappa shape index (κ1) is 22.6. The van der Waals surface area contributed by atoms with Gasteiger partial charge in [-0.3, -0.25) is 9.59 Å². The van der Waals surface area contributed by atoms with Gasteiger partial charge in [-0.15, -0.1) is 0 Å². The maximum absolute atomic E-state index is 13.1. The molecule has 3 aromatic rings. The lowest BCUT2D eigenvalue weighted by Gasteiger charge is -2.12. The molecule has 0 unspecified atom stereocenters. The number of anilines is 1. The van der Waals surface area contributed by atoms with Gasteiger partial charge in [0.25, 0.3) is 5.91 Å². The van der Waals surface area contributed by atoms with Crippen molar-refractivity contribution in [1.29, 1.82) is 0 Å². The van der Waals surface area contributed by atoms with E-state index in [1.54, 1.807) is 38.1 Å². The topological polar surface area (TPSA) is 76.0 Å². The van der Waals surface area contributed by atoms with E-state index in [0.717, 1.165) is 25.0 Å². The number of carbonyl (C=O) groups is 2. The summed E-state index contributed by atoms with van der Waals surface area (Å²) in [6.07, 6.45) is -2.59. The quantitative estimate of drug-likeness (QED) is 0.570. The number of halogens is 3. The Kier molecular flexibility index (Phi) is 5.97. The second kappa shape index (κ2) is 8.73. The van der Waals surface area contributed by atoms with Crippen LogP contribution in [-0.2, 0) is 17.4 Å². The highest BCUT2D eigenvalue weighted by Crippen LogP contribution is 2.31. The van der Waals surface area contributed by atoms with Crippen molar-refractivity contribution >= 4 is 17.5 Å². The number of carbonyl (C=O) groups excluding carboxylic acids is 2. The predicted octanol–water partition coefficient (Wildman–Crippen LogP) is 4.58. The molecule has 2 N–H and O–H groups in total. The van der Waals surface area contributed by atoms with Gasteiger partial charge in [-0.1, -0.05) is 18.2 Å². The first-order chi connectivity index (χ1) is 15.6. The first-order valence-electron chi connectivity index (χ1n) is 10.6. The number of benzene rings is 2. The normalized spacial score (nSPS) is 13.6. The average Bonchev–Trinajstić information content (AvgIpc) is 3.54. The van der Waals surface area contributed by atoms with E-state index in [9.17, 15) is 22.8 Å². The van der Waals surface area contributed by atoms with E-state index < -0.39 is 11.7 Å². The van der Waals surface area contributed by atoms with Gasteiger partial charge in [0, 0.05) is 17.3 Å². The van der Waals surface area contributed by atoms with Gasteiger partial charge in [0.2, 0.25) is 5.91 Å². The van der Waals surface area contributed by atoms with Gasteiger partial charge in [0.15, 0.2) is 0 Å². The number of rotatable bonds is 6. The number of hydrogen-bond acceptors (Lipinski definition) is 3. The van der Waals surface area contributed by atoms with Crippen LogP contribution in [0.4, 0.5) is 18.9 Å². The van der Waals surface area contributed by atoms with E-state index in [-0.39, 0.29) is 30.0 Å². The van der Waals surface area contributed by atoms with E-state index >= 15 is 0 Å². The lowest BCUT2D eigenvalue weighted by Crippen LogP contribution is -2.27. The molecule has 0 radical (unpaired) electrons. The summed E-state index contributed by atoms with van der Waals surface area (Å²) in [5.41, 5.74) is 2.01. The number of amides is 2. The molecular formula is C24H23F3N4O2. The predicted molar refractivity (Wildman–Crippen MR) is 117 cm³/mol. The Bertz CT molecular complexity index is 1210. The third-order valence-corrected chi connectivity index (χ3v) is 5.55. The molecule has 9 heteroatoms. The molecule has 172 valence electrons. The lowest BCUT2D eigenvalue weighted by molar-refractivity contribution is -0.137. The minimum Gasteiger partial charge on any atom is -0.349 e. The maximum atomic E-state index is 13.1. The molecule has 1 aliphatic carbocycles. The molecule has 0 saturated heterocycles. The molecule has 0 spiro atoms. The Morgan fingerprint density at radius 2 is 1.82 bits per heavy atom. The minimum atomic E-state index is -4.46. The summed E-state index contributed by atoms with van der Waals surface area (Å²) in [5, 5.41) is 10.0. The fourth-order valence-corrected chi connectivity index (χ4v) is 3.63. The Morgan fingerprint density at radius 3 is 2.52 bits per heavy atom. The molecule has 4 rings (SSSR count). The molecule has 2 aromatic carbocycles. The molecule has 1 saturated carbocycles. The van der Waals surface area contributed by atoms with E-state index in [4.69, 9.17) is 0 Å². The molecule has 2 amide bonds. The van der Waals surface area contributed by atoms with Gasteiger partial charge in [-0.25, -0.2) is 4.68 Å². The third kappa shape index (κ3) is 5.08. The molecule has 6 nitrogen and oxygen atoms in total. The van der Waals surface area contributed by atoms with Crippen LogP contribution in [0.3, 0.4) is 0 Å². The zero-order chi connectivity index (χ0) is 23.8. The largest absolute Gasteiger partial charge is 0.416 e. The monoisotopic (exact) mass is 456 g/mol. The van der Waals surface area contributed by atoms with Crippen LogP contribution in [0, 0.1) is 13.8 Å². The number of aromatic nitrogens is 2. The van der Waals surface area contributed by atoms with Crippen molar-refractivity contribution in [3.63, 3.8) is 0 Å². The third-order valence-electron chi connectivity index (χ3n) is 5.55. The van der Waals surface area contributed by atoms with Crippen molar-refractivity contribution in [3.8, 4) is 5.69 Å². The standard InChI is InChI=1S/C24H23F3N4O2/c1-14-20(15(2)31(30-14)18-7-5-6-16(12-18)24(25,26)27)13-22(32)29-21-9-4-3-8-19(21)23(33)28-17-10-11-17/h3-9,12,17H,10-11,13H2,1-2H3,(H,28,33)(H,29,32). The molecule has 0 aliphatic heterocycles. The Hall–Kier alpha value is -3.62. The van der Waals surface area contributed by atoms with Gasteiger partial charge in [-0.05, 0) is 57.0 Å². The summed E-state index contributed by atoms with van der Waals surface area (Å²) in [7, 11) is 0. The highest BCUT2D eigenvalue weighted by atomic mass is 19.4. The van der Waals surface area contributed by atoms with E-state index in [2.05, 4.69) is 15.7 Å². The lowest BCUT2D eigenvalue weighted by atomic mass is 10.1.